The Kier molecular flexibility index (Phi) is 5.19. The summed E-state index contributed by atoms with van der Waals surface area (Å²) in [6.45, 7) is 0. The number of hydrogen-bond donors (Lipinski definition) is 2. The number of aromatic nitrogens is 2. The maximum atomic E-state index is 12.6. The molecule has 7 nitrogen and oxygen atoms in total. The van der Waals surface area contributed by atoms with Crippen LogP contribution in [0.4, 0.5) is 5.69 Å². The van der Waals surface area contributed by atoms with Crippen LogP contribution in [0.2, 0.25) is 0 Å². The van der Waals surface area contributed by atoms with Gasteiger partial charge in [0.15, 0.2) is 9.84 Å². The van der Waals surface area contributed by atoms with Crippen molar-refractivity contribution in [2.75, 3.05) is 5.32 Å². The summed E-state index contributed by atoms with van der Waals surface area (Å²) in [6.07, 6.45) is 3.30. The standard InChI is InChI=1S/C21H21N3O4S/c25-20(13-19-17-7-3-4-8-18(17)21(26)24-23-19)22-14-9-11-16(12-10-14)29(27,28)15-5-1-2-6-15/h3-4,7-12,15H,1-2,5-6,13H2,(H,22,25)(H,24,26). The van der Waals surface area contributed by atoms with Crippen LogP contribution in [0.3, 0.4) is 0 Å². The van der Waals surface area contributed by atoms with E-state index >= 15 is 0 Å². The number of nitrogens with one attached hydrogen (secondary N) is 2. The van der Waals surface area contributed by atoms with Gasteiger partial charge in [0, 0.05) is 11.1 Å². The fourth-order valence-electron chi connectivity index (χ4n) is 3.78. The average Bonchev–Trinajstić information content (AvgIpc) is 3.27. The molecule has 0 aliphatic heterocycles. The van der Waals surface area contributed by atoms with Crippen LogP contribution in [0.15, 0.2) is 58.2 Å². The predicted octanol–water partition coefficient (Wildman–Crippen LogP) is 2.82. The zero-order valence-electron chi connectivity index (χ0n) is 15.7. The first-order valence-corrected chi connectivity index (χ1v) is 11.1. The highest BCUT2D eigenvalue weighted by Gasteiger charge is 2.30. The van der Waals surface area contributed by atoms with Crippen molar-refractivity contribution in [3.8, 4) is 0 Å². The third-order valence-electron chi connectivity index (χ3n) is 5.31. The van der Waals surface area contributed by atoms with Gasteiger partial charge in [-0.2, -0.15) is 5.10 Å². The van der Waals surface area contributed by atoms with E-state index in [4.69, 9.17) is 0 Å². The van der Waals surface area contributed by atoms with Gasteiger partial charge < -0.3 is 5.32 Å². The Labute approximate surface area is 168 Å². The number of fused-ring (bicyclic) bond motifs is 1. The van der Waals surface area contributed by atoms with E-state index in [9.17, 15) is 18.0 Å². The number of aromatic amines is 1. The molecule has 1 saturated carbocycles. The van der Waals surface area contributed by atoms with Crippen LogP contribution in [-0.2, 0) is 21.1 Å². The number of H-pyrrole nitrogens is 1. The van der Waals surface area contributed by atoms with Gasteiger partial charge in [0.25, 0.3) is 5.56 Å². The molecule has 0 spiro atoms. The van der Waals surface area contributed by atoms with Crippen molar-refractivity contribution < 1.29 is 13.2 Å². The van der Waals surface area contributed by atoms with E-state index in [1.54, 1.807) is 36.4 Å². The maximum absolute atomic E-state index is 12.6. The van der Waals surface area contributed by atoms with Crippen molar-refractivity contribution in [1.82, 2.24) is 10.2 Å². The SMILES string of the molecule is O=C(Cc1n[nH]c(=O)c2ccccc12)Nc1ccc(S(=O)(=O)C2CCCC2)cc1. The molecule has 0 saturated heterocycles. The minimum absolute atomic E-state index is 0.0145. The van der Waals surface area contributed by atoms with Gasteiger partial charge in [-0.05, 0) is 43.2 Å². The summed E-state index contributed by atoms with van der Waals surface area (Å²) >= 11 is 0. The number of nitrogens with zero attached hydrogens (tertiary/aromatic N) is 1. The first-order chi connectivity index (χ1) is 13.9. The molecule has 1 aliphatic carbocycles. The molecule has 1 heterocycles. The quantitative estimate of drug-likeness (QED) is 0.671. The number of hydrogen-bond acceptors (Lipinski definition) is 5. The second-order valence-corrected chi connectivity index (χ2v) is 9.47. The van der Waals surface area contributed by atoms with E-state index < -0.39 is 9.84 Å². The zero-order valence-corrected chi connectivity index (χ0v) is 16.5. The summed E-state index contributed by atoms with van der Waals surface area (Å²) < 4.78 is 25.3. The van der Waals surface area contributed by atoms with Gasteiger partial charge in [0.05, 0.1) is 27.6 Å². The molecule has 0 radical (unpaired) electrons. The predicted molar refractivity (Wildman–Crippen MR) is 111 cm³/mol. The average molecular weight is 411 g/mol. The Balaban J connectivity index is 1.48. The van der Waals surface area contributed by atoms with Crippen LogP contribution in [0.1, 0.15) is 31.4 Å². The van der Waals surface area contributed by atoms with E-state index in [-0.39, 0.29) is 28.0 Å². The zero-order chi connectivity index (χ0) is 20.4. The third kappa shape index (κ3) is 3.93. The Bertz CT molecular complexity index is 1210. The molecular weight excluding hydrogens is 390 g/mol. The van der Waals surface area contributed by atoms with Gasteiger partial charge in [-0.15, -0.1) is 0 Å². The highest BCUT2D eigenvalue weighted by atomic mass is 32.2. The van der Waals surface area contributed by atoms with Crippen molar-refractivity contribution in [2.24, 2.45) is 0 Å². The maximum Gasteiger partial charge on any atom is 0.272 e. The molecule has 0 bridgehead atoms. The second kappa shape index (κ2) is 7.79. The molecular formula is C21H21N3O4S. The number of anilines is 1. The van der Waals surface area contributed by atoms with E-state index in [0.717, 1.165) is 12.8 Å². The van der Waals surface area contributed by atoms with Crippen molar-refractivity contribution >= 4 is 32.2 Å². The lowest BCUT2D eigenvalue weighted by Gasteiger charge is -2.12. The summed E-state index contributed by atoms with van der Waals surface area (Å²) in [5.74, 6) is -0.305. The molecule has 1 amide bonds. The summed E-state index contributed by atoms with van der Waals surface area (Å²) in [5, 5.41) is 9.97. The van der Waals surface area contributed by atoms with Crippen molar-refractivity contribution in [3.05, 3.63) is 64.6 Å². The van der Waals surface area contributed by atoms with Crippen LogP contribution in [0.5, 0.6) is 0 Å². The van der Waals surface area contributed by atoms with E-state index in [1.165, 1.54) is 12.1 Å². The lowest BCUT2D eigenvalue weighted by atomic mass is 10.1. The van der Waals surface area contributed by atoms with Crippen LogP contribution in [-0.4, -0.2) is 29.8 Å². The molecule has 1 aromatic heterocycles. The monoisotopic (exact) mass is 411 g/mol. The summed E-state index contributed by atoms with van der Waals surface area (Å²) in [7, 11) is -3.32. The Morgan fingerprint density at radius 1 is 1.03 bits per heavy atom. The van der Waals surface area contributed by atoms with Crippen LogP contribution in [0, 0.1) is 0 Å². The Morgan fingerprint density at radius 2 is 1.69 bits per heavy atom. The second-order valence-electron chi connectivity index (χ2n) is 7.25. The first kappa shape index (κ1) is 19.3. The van der Waals surface area contributed by atoms with Crippen LogP contribution < -0.4 is 10.9 Å². The summed E-state index contributed by atoms with van der Waals surface area (Å²) in [5.41, 5.74) is 0.677. The number of sulfone groups is 1. The fraction of sp³-hybridized carbons (Fsp3) is 0.286. The van der Waals surface area contributed by atoms with Gasteiger partial charge >= 0.3 is 0 Å². The minimum atomic E-state index is -3.32. The van der Waals surface area contributed by atoms with Gasteiger partial charge in [-0.3, -0.25) is 9.59 Å². The molecule has 8 heteroatoms. The van der Waals surface area contributed by atoms with E-state index in [1.807, 2.05) is 0 Å². The van der Waals surface area contributed by atoms with Crippen LogP contribution in [0.25, 0.3) is 10.8 Å². The Hall–Kier alpha value is -3.00. The molecule has 0 unspecified atom stereocenters. The third-order valence-corrected chi connectivity index (χ3v) is 7.59. The summed E-state index contributed by atoms with van der Waals surface area (Å²) in [6, 6.07) is 13.2. The molecule has 150 valence electrons. The lowest BCUT2D eigenvalue weighted by molar-refractivity contribution is -0.115. The van der Waals surface area contributed by atoms with Crippen LogP contribution >= 0.6 is 0 Å². The molecule has 1 aliphatic rings. The molecule has 4 rings (SSSR count). The van der Waals surface area contributed by atoms with Gasteiger partial charge in [0.1, 0.15) is 0 Å². The topological polar surface area (TPSA) is 109 Å². The van der Waals surface area contributed by atoms with Crippen molar-refractivity contribution in [1.29, 1.82) is 0 Å². The summed E-state index contributed by atoms with van der Waals surface area (Å²) in [4.78, 5) is 24.6. The molecule has 0 atom stereocenters. The Morgan fingerprint density at radius 3 is 2.38 bits per heavy atom. The minimum Gasteiger partial charge on any atom is -0.326 e. The lowest BCUT2D eigenvalue weighted by Crippen LogP contribution is -2.19. The van der Waals surface area contributed by atoms with E-state index in [2.05, 4.69) is 15.5 Å². The molecule has 29 heavy (non-hydrogen) atoms. The first-order valence-electron chi connectivity index (χ1n) is 9.55. The van der Waals surface area contributed by atoms with Gasteiger partial charge in [-0.25, -0.2) is 13.5 Å². The molecule has 2 N–H and O–H groups in total. The smallest absolute Gasteiger partial charge is 0.272 e. The molecule has 2 aromatic carbocycles. The van der Waals surface area contributed by atoms with Gasteiger partial charge in [-0.1, -0.05) is 31.0 Å². The van der Waals surface area contributed by atoms with E-state index in [0.29, 0.717) is 35.0 Å². The molecule has 1 fully saturated rings. The largest absolute Gasteiger partial charge is 0.326 e. The number of amides is 1. The van der Waals surface area contributed by atoms with Gasteiger partial charge in [0.2, 0.25) is 5.91 Å². The highest BCUT2D eigenvalue weighted by Crippen LogP contribution is 2.30. The number of rotatable bonds is 5. The number of carbonyl (C=O) groups is 1. The molecule has 3 aromatic rings. The highest BCUT2D eigenvalue weighted by molar-refractivity contribution is 7.92. The normalized spacial score (nSPS) is 14.9. The fourth-order valence-corrected chi connectivity index (χ4v) is 5.64. The van der Waals surface area contributed by atoms with Crippen molar-refractivity contribution in [2.45, 2.75) is 42.2 Å². The number of carbonyl (C=O) groups excluding carboxylic acids is 1. The van der Waals surface area contributed by atoms with Crippen molar-refractivity contribution in [3.63, 3.8) is 0 Å². The number of benzene rings is 2.